The maximum absolute atomic E-state index is 12.3. The van der Waals surface area contributed by atoms with E-state index in [-0.39, 0.29) is 12.5 Å². The number of benzene rings is 2. The molecule has 0 unspecified atom stereocenters. The van der Waals surface area contributed by atoms with Gasteiger partial charge in [-0.25, -0.2) is 4.68 Å². The van der Waals surface area contributed by atoms with Crippen molar-refractivity contribution in [1.82, 2.24) is 25.5 Å². The maximum Gasteiger partial charge on any atom is 0.251 e. The van der Waals surface area contributed by atoms with Crippen LogP contribution < -0.4 is 10.1 Å². The van der Waals surface area contributed by atoms with Gasteiger partial charge < -0.3 is 10.1 Å². The molecule has 0 radical (unpaired) electrons. The van der Waals surface area contributed by atoms with Crippen LogP contribution in [-0.2, 0) is 19.7 Å². The van der Waals surface area contributed by atoms with Crippen molar-refractivity contribution in [1.29, 1.82) is 0 Å². The number of carbonyl (C=O) groups excluding carboxylic acids is 1. The first-order valence-corrected chi connectivity index (χ1v) is 8.48. The smallest absolute Gasteiger partial charge is 0.251 e. The van der Waals surface area contributed by atoms with Crippen LogP contribution in [0, 0.1) is 6.92 Å². The van der Waals surface area contributed by atoms with Gasteiger partial charge in [-0.05, 0) is 59.7 Å². The van der Waals surface area contributed by atoms with Crippen molar-refractivity contribution in [2.75, 3.05) is 0 Å². The molecule has 1 N–H and O–H groups in total. The SMILES string of the molecule is CCn1nnnc1COc1ccc(C(=O)NCc2ccccc2C)cc1. The van der Waals surface area contributed by atoms with E-state index in [2.05, 4.69) is 20.8 Å². The molecule has 26 heavy (non-hydrogen) atoms. The zero-order valence-electron chi connectivity index (χ0n) is 14.8. The summed E-state index contributed by atoms with van der Waals surface area (Å²) in [5.41, 5.74) is 2.85. The van der Waals surface area contributed by atoms with Crippen LogP contribution in [-0.4, -0.2) is 26.1 Å². The lowest BCUT2D eigenvalue weighted by atomic mass is 10.1. The number of ether oxygens (including phenoxy) is 1. The number of amides is 1. The van der Waals surface area contributed by atoms with Crippen molar-refractivity contribution < 1.29 is 9.53 Å². The Labute approximate surface area is 152 Å². The van der Waals surface area contributed by atoms with Gasteiger partial charge in [0.05, 0.1) is 0 Å². The van der Waals surface area contributed by atoms with Gasteiger partial charge in [-0.2, -0.15) is 0 Å². The van der Waals surface area contributed by atoms with Crippen LogP contribution in [0.4, 0.5) is 0 Å². The van der Waals surface area contributed by atoms with Gasteiger partial charge in [0.2, 0.25) is 0 Å². The lowest BCUT2D eigenvalue weighted by Crippen LogP contribution is -2.23. The summed E-state index contributed by atoms with van der Waals surface area (Å²) in [4.78, 5) is 12.3. The van der Waals surface area contributed by atoms with Gasteiger partial charge in [-0.1, -0.05) is 24.3 Å². The average Bonchev–Trinajstić information content (AvgIpc) is 3.13. The van der Waals surface area contributed by atoms with E-state index in [1.165, 1.54) is 0 Å². The molecule has 7 nitrogen and oxygen atoms in total. The van der Waals surface area contributed by atoms with Crippen molar-refractivity contribution in [3.63, 3.8) is 0 Å². The summed E-state index contributed by atoms with van der Waals surface area (Å²) in [5.74, 6) is 1.20. The van der Waals surface area contributed by atoms with Gasteiger partial charge in [0, 0.05) is 18.7 Å². The Bertz CT molecular complexity index is 874. The van der Waals surface area contributed by atoms with Gasteiger partial charge in [0.25, 0.3) is 5.91 Å². The molecule has 0 fully saturated rings. The summed E-state index contributed by atoms with van der Waals surface area (Å²) < 4.78 is 7.35. The second-order valence-corrected chi connectivity index (χ2v) is 5.83. The van der Waals surface area contributed by atoms with E-state index >= 15 is 0 Å². The summed E-state index contributed by atoms with van der Waals surface area (Å²) in [6, 6.07) is 15.0. The Hall–Kier alpha value is -3.22. The van der Waals surface area contributed by atoms with Crippen LogP contribution in [0.15, 0.2) is 48.5 Å². The van der Waals surface area contributed by atoms with Gasteiger partial charge in [0.1, 0.15) is 12.4 Å². The second-order valence-electron chi connectivity index (χ2n) is 5.83. The standard InChI is InChI=1S/C19H21N5O2/c1-3-24-18(21-22-23-24)13-26-17-10-8-15(9-11-17)19(25)20-12-16-7-5-4-6-14(16)2/h4-11H,3,12-13H2,1-2H3,(H,20,25). The highest BCUT2D eigenvalue weighted by Gasteiger charge is 2.08. The average molecular weight is 351 g/mol. The van der Waals surface area contributed by atoms with Crippen molar-refractivity contribution in [2.24, 2.45) is 0 Å². The van der Waals surface area contributed by atoms with E-state index in [4.69, 9.17) is 4.74 Å². The monoisotopic (exact) mass is 351 g/mol. The van der Waals surface area contributed by atoms with Crippen LogP contribution in [0.25, 0.3) is 0 Å². The lowest BCUT2D eigenvalue weighted by molar-refractivity contribution is 0.0951. The molecular formula is C19H21N5O2. The van der Waals surface area contributed by atoms with Gasteiger partial charge >= 0.3 is 0 Å². The summed E-state index contributed by atoms with van der Waals surface area (Å²) >= 11 is 0. The van der Waals surface area contributed by atoms with Crippen molar-refractivity contribution in [2.45, 2.75) is 33.5 Å². The molecule has 0 saturated carbocycles. The topological polar surface area (TPSA) is 81.9 Å². The van der Waals surface area contributed by atoms with E-state index in [1.807, 2.05) is 38.1 Å². The normalized spacial score (nSPS) is 10.5. The van der Waals surface area contributed by atoms with Gasteiger partial charge in [-0.15, -0.1) is 5.10 Å². The Morgan fingerprint density at radius 3 is 2.65 bits per heavy atom. The van der Waals surface area contributed by atoms with E-state index in [1.54, 1.807) is 28.9 Å². The molecule has 0 bridgehead atoms. The number of nitrogens with one attached hydrogen (secondary N) is 1. The predicted molar refractivity (Wildman–Crippen MR) is 96.6 cm³/mol. The van der Waals surface area contributed by atoms with Crippen LogP contribution in [0.2, 0.25) is 0 Å². The predicted octanol–water partition coefficient (Wildman–Crippen LogP) is 2.51. The number of aryl methyl sites for hydroxylation is 2. The molecule has 7 heteroatoms. The highest BCUT2D eigenvalue weighted by Crippen LogP contribution is 2.14. The van der Waals surface area contributed by atoms with E-state index in [9.17, 15) is 4.79 Å². The Kier molecular flexibility index (Phi) is 5.58. The minimum atomic E-state index is -0.116. The van der Waals surface area contributed by atoms with Crippen LogP contribution in [0.3, 0.4) is 0 Å². The molecule has 3 aromatic rings. The maximum atomic E-state index is 12.3. The summed E-state index contributed by atoms with van der Waals surface area (Å²) in [6.07, 6.45) is 0. The quantitative estimate of drug-likeness (QED) is 0.707. The molecule has 1 aromatic heterocycles. The summed E-state index contributed by atoms with van der Waals surface area (Å²) in [5, 5.41) is 14.3. The summed E-state index contributed by atoms with van der Waals surface area (Å²) in [6.45, 7) is 5.46. The van der Waals surface area contributed by atoms with Gasteiger partial charge in [-0.3, -0.25) is 4.79 Å². The fraction of sp³-hybridized carbons (Fsp3) is 0.263. The Balaban J connectivity index is 1.55. The first kappa shape index (κ1) is 17.6. The number of rotatable bonds is 7. The number of hydrogen-bond acceptors (Lipinski definition) is 5. The van der Waals surface area contributed by atoms with Crippen LogP contribution in [0.1, 0.15) is 34.2 Å². The third kappa shape index (κ3) is 4.24. The third-order valence-corrected chi connectivity index (χ3v) is 4.09. The fourth-order valence-electron chi connectivity index (χ4n) is 2.51. The molecule has 1 amide bonds. The van der Waals surface area contributed by atoms with Crippen LogP contribution in [0.5, 0.6) is 5.75 Å². The molecule has 0 saturated heterocycles. The second kappa shape index (κ2) is 8.24. The van der Waals surface area contributed by atoms with E-state index in [0.717, 1.165) is 11.1 Å². The van der Waals surface area contributed by atoms with Crippen molar-refractivity contribution >= 4 is 5.91 Å². The number of nitrogens with zero attached hydrogens (tertiary/aromatic N) is 4. The molecule has 1 heterocycles. The highest BCUT2D eigenvalue weighted by molar-refractivity contribution is 5.94. The Morgan fingerprint density at radius 2 is 1.92 bits per heavy atom. The number of carbonyl (C=O) groups is 1. The molecule has 0 spiro atoms. The highest BCUT2D eigenvalue weighted by atomic mass is 16.5. The largest absolute Gasteiger partial charge is 0.486 e. The molecule has 2 aromatic carbocycles. The molecule has 0 atom stereocenters. The Morgan fingerprint density at radius 1 is 1.15 bits per heavy atom. The molecule has 134 valence electrons. The van der Waals surface area contributed by atoms with E-state index < -0.39 is 0 Å². The lowest BCUT2D eigenvalue weighted by Gasteiger charge is -2.09. The first-order valence-electron chi connectivity index (χ1n) is 8.48. The zero-order chi connectivity index (χ0) is 18.4. The van der Waals surface area contributed by atoms with Crippen LogP contribution >= 0.6 is 0 Å². The number of aromatic nitrogens is 4. The molecule has 3 rings (SSSR count). The summed E-state index contributed by atoms with van der Waals surface area (Å²) in [7, 11) is 0. The third-order valence-electron chi connectivity index (χ3n) is 4.09. The molecule has 0 aliphatic heterocycles. The van der Waals surface area contributed by atoms with Crippen molar-refractivity contribution in [3.05, 3.63) is 71.0 Å². The fourth-order valence-corrected chi connectivity index (χ4v) is 2.51. The minimum Gasteiger partial charge on any atom is -0.486 e. The number of hydrogen-bond donors (Lipinski definition) is 1. The molecule has 0 aliphatic carbocycles. The van der Waals surface area contributed by atoms with Crippen molar-refractivity contribution in [3.8, 4) is 5.75 Å². The number of tetrazole rings is 1. The molecular weight excluding hydrogens is 330 g/mol. The molecule has 0 aliphatic rings. The first-order chi connectivity index (χ1) is 12.7. The zero-order valence-corrected chi connectivity index (χ0v) is 14.8. The van der Waals surface area contributed by atoms with Gasteiger partial charge in [0.15, 0.2) is 5.82 Å². The minimum absolute atomic E-state index is 0.116. The van der Waals surface area contributed by atoms with E-state index in [0.29, 0.717) is 30.2 Å².